The normalized spacial score (nSPS) is 15.7. The molecule has 1 fully saturated rings. The second-order valence-electron chi connectivity index (χ2n) is 11.0. The molecule has 9 nitrogen and oxygen atoms in total. The number of aliphatic hydroxyl groups is 1. The molecule has 2 aromatic heterocycles. The Morgan fingerprint density at radius 1 is 0.932 bits per heavy atom. The maximum Gasteiger partial charge on any atom is 0.270 e. The number of carbonyl (C=O) groups excluding carboxylic acids is 1. The first-order valence-corrected chi connectivity index (χ1v) is 14.7. The summed E-state index contributed by atoms with van der Waals surface area (Å²) in [6, 6.07) is 25.3. The zero-order chi connectivity index (χ0) is 31.1. The number of benzene rings is 3. The van der Waals surface area contributed by atoms with Crippen molar-refractivity contribution in [2.75, 3.05) is 11.1 Å². The highest BCUT2D eigenvalue weighted by molar-refractivity contribution is 6.16. The molecular weight excluding hydrogens is 550 g/mol. The lowest BCUT2D eigenvalue weighted by Gasteiger charge is -2.17. The van der Waals surface area contributed by atoms with Gasteiger partial charge in [0.15, 0.2) is 0 Å². The molecule has 0 spiro atoms. The lowest BCUT2D eigenvalue weighted by molar-refractivity contribution is 0.0946. The van der Waals surface area contributed by atoms with Crippen LogP contribution in [0.15, 0.2) is 91.4 Å². The van der Waals surface area contributed by atoms with E-state index in [2.05, 4.69) is 63.7 Å². The van der Waals surface area contributed by atoms with Crippen molar-refractivity contribution < 1.29 is 9.90 Å². The Balaban J connectivity index is 0.000000418. The number of aromatic nitrogens is 3. The number of aliphatic hydroxyl groups excluding tert-OH is 1. The van der Waals surface area contributed by atoms with Gasteiger partial charge in [-0.15, -0.1) is 0 Å². The second kappa shape index (κ2) is 13.9. The van der Waals surface area contributed by atoms with Crippen molar-refractivity contribution in [2.45, 2.75) is 51.8 Å². The average Bonchev–Trinajstić information content (AvgIpc) is 3.45. The van der Waals surface area contributed by atoms with Gasteiger partial charge < -0.3 is 21.5 Å². The highest BCUT2D eigenvalue weighted by atomic mass is 16.3. The largest absolute Gasteiger partial charge is 0.393 e. The van der Waals surface area contributed by atoms with Gasteiger partial charge in [0.2, 0.25) is 0 Å². The van der Waals surface area contributed by atoms with E-state index in [1.54, 1.807) is 12.3 Å². The number of anilines is 2. The summed E-state index contributed by atoms with van der Waals surface area (Å²) in [4.78, 5) is 25.2. The van der Waals surface area contributed by atoms with Crippen LogP contribution in [0, 0.1) is 19.3 Å². The quantitative estimate of drug-likeness (QED) is 0.156. The second-order valence-corrected chi connectivity index (χ2v) is 11.0. The Hall–Kier alpha value is -5.15. The first-order valence-electron chi connectivity index (χ1n) is 14.7. The number of hydrogen-bond donors (Lipinski definition) is 5. The smallest absolute Gasteiger partial charge is 0.270 e. The van der Waals surface area contributed by atoms with Crippen LogP contribution in [-0.2, 0) is 6.54 Å². The molecule has 1 saturated carbocycles. The fraction of sp³-hybridized carbons (Fsp3) is 0.229. The van der Waals surface area contributed by atoms with Crippen LogP contribution in [0.5, 0.6) is 0 Å². The number of hydrogen-bond acceptors (Lipinski definition) is 8. The molecular formula is C35H37N7O2. The molecule has 6 N–H and O–H groups in total. The SMILES string of the molecule is Cc1ccccc1C.N=C(c1ccc(CNC(=O)c2cc3ccccc3cn2)cc1)c1c(N)ncnc1NC1CCC(O)C1. The molecule has 1 aliphatic rings. The molecule has 3 aromatic carbocycles. The van der Waals surface area contributed by atoms with E-state index >= 15 is 0 Å². The number of nitrogen functional groups attached to an aromatic ring is 1. The molecule has 2 atom stereocenters. The number of rotatable bonds is 7. The summed E-state index contributed by atoms with van der Waals surface area (Å²) in [7, 11) is 0. The number of amides is 1. The van der Waals surface area contributed by atoms with E-state index in [1.807, 2.05) is 48.5 Å². The molecule has 2 heterocycles. The standard InChI is InChI=1S/C27H27N7O2.C8H10/c28-24(23-25(29)32-15-33-26(23)34-20-9-10-21(35)12-20)17-7-5-16(6-8-17)13-31-27(36)22-11-18-3-1-2-4-19(18)14-30-22;1-7-5-3-4-6-8(7)2/h1-8,11,14-15,20-21,28,35H,9-10,12-13H2,(H,31,36)(H3,29,32,33,34);3-6H,1-2H3. The molecule has 0 radical (unpaired) electrons. The molecule has 6 rings (SSSR count). The van der Waals surface area contributed by atoms with Gasteiger partial charge in [-0.25, -0.2) is 9.97 Å². The van der Waals surface area contributed by atoms with Crippen molar-refractivity contribution in [1.82, 2.24) is 20.3 Å². The molecule has 1 amide bonds. The van der Waals surface area contributed by atoms with E-state index < -0.39 is 0 Å². The maximum absolute atomic E-state index is 12.6. The zero-order valence-corrected chi connectivity index (χ0v) is 24.9. The topological polar surface area (TPSA) is 150 Å². The van der Waals surface area contributed by atoms with Gasteiger partial charge in [-0.05, 0) is 61.3 Å². The van der Waals surface area contributed by atoms with Crippen molar-refractivity contribution in [3.63, 3.8) is 0 Å². The van der Waals surface area contributed by atoms with Gasteiger partial charge in [-0.2, -0.15) is 0 Å². The number of aryl methyl sites for hydroxylation is 2. The summed E-state index contributed by atoms with van der Waals surface area (Å²) in [5, 5.41) is 26.7. The van der Waals surface area contributed by atoms with Crippen molar-refractivity contribution in [1.29, 1.82) is 5.41 Å². The summed E-state index contributed by atoms with van der Waals surface area (Å²) >= 11 is 0. The van der Waals surface area contributed by atoms with Gasteiger partial charge in [0.05, 0.1) is 17.4 Å². The number of nitrogens with two attached hydrogens (primary N) is 1. The highest BCUT2D eigenvalue weighted by Crippen LogP contribution is 2.27. The summed E-state index contributed by atoms with van der Waals surface area (Å²) < 4.78 is 0. The molecule has 5 aromatic rings. The summed E-state index contributed by atoms with van der Waals surface area (Å²) in [6.07, 6.45) is 4.94. The Bertz CT molecular complexity index is 1750. The lowest BCUT2D eigenvalue weighted by Crippen LogP contribution is -2.23. The molecule has 1 aliphatic carbocycles. The van der Waals surface area contributed by atoms with Crippen molar-refractivity contribution in [3.8, 4) is 0 Å². The van der Waals surface area contributed by atoms with Gasteiger partial charge in [-0.1, -0.05) is 72.8 Å². The minimum Gasteiger partial charge on any atom is -0.393 e. The average molecular weight is 588 g/mol. The number of pyridine rings is 1. The van der Waals surface area contributed by atoms with E-state index in [-0.39, 0.29) is 29.6 Å². The molecule has 0 saturated heterocycles. The molecule has 9 heteroatoms. The first-order chi connectivity index (χ1) is 21.3. The van der Waals surface area contributed by atoms with Crippen LogP contribution in [0.1, 0.15) is 57.6 Å². The fourth-order valence-corrected chi connectivity index (χ4v) is 5.11. The third-order valence-corrected chi connectivity index (χ3v) is 7.86. The molecule has 0 aliphatic heterocycles. The molecule has 2 unspecified atom stereocenters. The first kappa shape index (κ1) is 30.3. The Morgan fingerprint density at radius 2 is 1.61 bits per heavy atom. The van der Waals surface area contributed by atoms with Gasteiger partial charge >= 0.3 is 0 Å². The zero-order valence-electron chi connectivity index (χ0n) is 24.9. The number of nitrogens with zero attached hydrogens (tertiary/aromatic N) is 3. The summed E-state index contributed by atoms with van der Waals surface area (Å²) in [6.45, 7) is 4.57. The lowest BCUT2D eigenvalue weighted by atomic mass is 10.0. The van der Waals surface area contributed by atoms with Crippen molar-refractivity contribution >= 4 is 34.0 Å². The highest BCUT2D eigenvalue weighted by Gasteiger charge is 2.25. The number of fused-ring (bicyclic) bond motifs is 1. The van der Waals surface area contributed by atoms with E-state index in [0.29, 0.717) is 35.6 Å². The van der Waals surface area contributed by atoms with E-state index in [4.69, 9.17) is 11.1 Å². The minimum absolute atomic E-state index is 0.0731. The van der Waals surface area contributed by atoms with Crippen molar-refractivity contribution in [3.05, 3.63) is 125 Å². The monoisotopic (exact) mass is 587 g/mol. The van der Waals surface area contributed by atoms with Crippen LogP contribution >= 0.6 is 0 Å². The van der Waals surface area contributed by atoms with E-state index in [0.717, 1.165) is 29.2 Å². The third kappa shape index (κ3) is 7.43. The fourth-order valence-electron chi connectivity index (χ4n) is 5.11. The predicted molar refractivity (Wildman–Crippen MR) is 175 cm³/mol. The van der Waals surface area contributed by atoms with Crippen LogP contribution in [0.25, 0.3) is 10.8 Å². The van der Waals surface area contributed by atoms with Crippen LogP contribution in [0.4, 0.5) is 11.6 Å². The van der Waals surface area contributed by atoms with Gasteiger partial charge in [0, 0.05) is 29.7 Å². The van der Waals surface area contributed by atoms with Crippen LogP contribution < -0.4 is 16.4 Å². The van der Waals surface area contributed by atoms with Crippen LogP contribution in [-0.4, -0.2) is 43.8 Å². The van der Waals surface area contributed by atoms with E-state index in [1.165, 1.54) is 17.5 Å². The predicted octanol–water partition coefficient (Wildman–Crippen LogP) is 5.58. The Morgan fingerprint density at radius 3 is 2.27 bits per heavy atom. The van der Waals surface area contributed by atoms with Gasteiger partial charge in [0.1, 0.15) is 23.7 Å². The van der Waals surface area contributed by atoms with Crippen LogP contribution in [0.2, 0.25) is 0 Å². The Labute approximate surface area is 257 Å². The van der Waals surface area contributed by atoms with Crippen molar-refractivity contribution in [2.24, 2.45) is 0 Å². The summed E-state index contributed by atoms with van der Waals surface area (Å²) in [5.74, 6) is 0.459. The maximum atomic E-state index is 12.6. The van der Waals surface area contributed by atoms with Gasteiger partial charge in [-0.3, -0.25) is 15.2 Å². The molecule has 0 bridgehead atoms. The molecule has 44 heavy (non-hydrogen) atoms. The van der Waals surface area contributed by atoms with E-state index in [9.17, 15) is 9.90 Å². The Kier molecular flexibility index (Phi) is 9.56. The van der Waals surface area contributed by atoms with Crippen LogP contribution in [0.3, 0.4) is 0 Å². The summed E-state index contributed by atoms with van der Waals surface area (Å²) in [5.41, 5.74) is 11.4. The molecule has 224 valence electrons. The third-order valence-electron chi connectivity index (χ3n) is 7.86. The number of nitrogens with one attached hydrogen (secondary N) is 3. The van der Waals surface area contributed by atoms with Gasteiger partial charge in [0.25, 0.3) is 5.91 Å². The minimum atomic E-state index is -0.324. The number of carbonyl (C=O) groups is 1.